The zero-order valence-corrected chi connectivity index (χ0v) is 11.7. The second-order valence-corrected chi connectivity index (χ2v) is 5.17. The van der Waals surface area contributed by atoms with Crippen LogP contribution in [0.2, 0.25) is 0 Å². The molecular weight excluding hydrogens is 291 g/mol. The van der Waals surface area contributed by atoms with E-state index in [0.29, 0.717) is 13.1 Å². The Morgan fingerprint density at radius 3 is 2.05 bits per heavy atom. The summed E-state index contributed by atoms with van der Waals surface area (Å²) < 4.78 is 66.9. The van der Waals surface area contributed by atoms with Gasteiger partial charge in [-0.05, 0) is 25.9 Å². The largest absolute Gasteiger partial charge is 0.315 e. The summed E-state index contributed by atoms with van der Waals surface area (Å²) in [5.41, 5.74) is -0.758. The molecule has 1 N–H and O–H groups in total. The third kappa shape index (κ3) is 3.18. The van der Waals surface area contributed by atoms with Gasteiger partial charge in [-0.2, -0.15) is 0 Å². The molecule has 0 spiro atoms. The number of halogens is 5. The maximum atomic E-state index is 13.7. The zero-order valence-electron chi connectivity index (χ0n) is 11.7. The van der Waals surface area contributed by atoms with Gasteiger partial charge in [-0.15, -0.1) is 0 Å². The Labute approximate surface area is 119 Å². The van der Waals surface area contributed by atoms with Crippen LogP contribution in [0.5, 0.6) is 0 Å². The lowest BCUT2D eigenvalue weighted by molar-refractivity contribution is 0.191. The SMILES string of the molecule is CCCN(Cc1c(F)c(F)c(F)c(F)c1F)C1CCNC1. The van der Waals surface area contributed by atoms with Crippen molar-refractivity contribution in [2.24, 2.45) is 0 Å². The second kappa shape index (κ2) is 6.70. The molecule has 1 aromatic carbocycles. The minimum absolute atomic E-state index is 0.0416. The average Bonchev–Trinajstić information content (AvgIpc) is 3.00. The van der Waals surface area contributed by atoms with E-state index in [1.807, 2.05) is 6.92 Å². The molecule has 0 saturated carbocycles. The fourth-order valence-corrected chi connectivity index (χ4v) is 2.62. The van der Waals surface area contributed by atoms with Gasteiger partial charge in [0.2, 0.25) is 5.82 Å². The van der Waals surface area contributed by atoms with Crippen molar-refractivity contribution in [2.45, 2.75) is 32.4 Å². The number of nitrogens with zero attached hydrogens (tertiary/aromatic N) is 1. The third-order valence-corrected chi connectivity index (χ3v) is 3.72. The summed E-state index contributed by atoms with van der Waals surface area (Å²) >= 11 is 0. The van der Waals surface area contributed by atoms with Crippen molar-refractivity contribution in [3.63, 3.8) is 0 Å². The highest BCUT2D eigenvalue weighted by molar-refractivity contribution is 5.24. The van der Waals surface area contributed by atoms with Crippen molar-refractivity contribution in [3.8, 4) is 0 Å². The van der Waals surface area contributed by atoms with Gasteiger partial charge >= 0.3 is 0 Å². The summed E-state index contributed by atoms with van der Waals surface area (Å²) in [4.78, 5) is 1.76. The highest BCUT2D eigenvalue weighted by atomic mass is 19.2. The summed E-state index contributed by atoms with van der Waals surface area (Å²) in [6.07, 6.45) is 1.52. The minimum atomic E-state index is -2.11. The van der Waals surface area contributed by atoms with Crippen LogP contribution in [0.25, 0.3) is 0 Å². The van der Waals surface area contributed by atoms with Gasteiger partial charge < -0.3 is 5.32 Å². The molecule has 0 aliphatic carbocycles. The fourth-order valence-electron chi connectivity index (χ4n) is 2.62. The number of hydrogen-bond acceptors (Lipinski definition) is 2. The topological polar surface area (TPSA) is 15.3 Å². The predicted molar refractivity (Wildman–Crippen MR) is 68.2 cm³/mol. The van der Waals surface area contributed by atoms with Crippen LogP contribution >= 0.6 is 0 Å². The third-order valence-electron chi connectivity index (χ3n) is 3.72. The fraction of sp³-hybridized carbons (Fsp3) is 0.571. The van der Waals surface area contributed by atoms with Gasteiger partial charge in [0.05, 0.1) is 0 Å². The Hall–Kier alpha value is -1.21. The molecule has 1 unspecified atom stereocenters. The van der Waals surface area contributed by atoms with Crippen molar-refractivity contribution in [1.29, 1.82) is 0 Å². The molecule has 1 aliphatic heterocycles. The first-order chi connectivity index (χ1) is 9.97. The van der Waals surface area contributed by atoms with Crippen LogP contribution in [0.4, 0.5) is 22.0 Å². The zero-order chi connectivity index (χ0) is 15.6. The molecule has 0 amide bonds. The van der Waals surface area contributed by atoms with E-state index in [9.17, 15) is 22.0 Å². The van der Waals surface area contributed by atoms with Gasteiger partial charge in [-0.3, -0.25) is 4.90 Å². The molecule has 7 heteroatoms. The lowest BCUT2D eigenvalue weighted by atomic mass is 10.1. The van der Waals surface area contributed by atoms with E-state index in [2.05, 4.69) is 5.32 Å². The van der Waals surface area contributed by atoms with E-state index in [1.54, 1.807) is 4.90 Å². The van der Waals surface area contributed by atoms with Gasteiger partial charge in [0.25, 0.3) is 0 Å². The van der Waals surface area contributed by atoms with Crippen LogP contribution < -0.4 is 5.32 Å². The highest BCUT2D eigenvalue weighted by Gasteiger charge is 2.29. The van der Waals surface area contributed by atoms with Gasteiger partial charge in [-0.1, -0.05) is 6.92 Å². The van der Waals surface area contributed by atoms with Crippen molar-refractivity contribution in [3.05, 3.63) is 34.6 Å². The van der Waals surface area contributed by atoms with Gasteiger partial charge in [-0.25, -0.2) is 22.0 Å². The van der Waals surface area contributed by atoms with Crippen LogP contribution in [0.3, 0.4) is 0 Å². The molecular formula is C14H17F5N2. The normalized spacial score (nSPS) is 18.7. The molecule has 21 heavy (non-hydrogen) atoms. The first-order valence-corrected chi connectivity index (χ1v) is 6.92. The quantitative estimate of drug-likeness (QED) is 0.511. The Balaban J connectivity index is 2.32. The van der Waals surface area contributed by atoms with E-state index in [4.69, 9.17) is 0 Å². The Morgan fingerprint density at radius 1 is 1.00 bits per heavy atom. The molecule has 0 aromatic heterocycles. The summed E-state index contributed by atoms with van der Waals surface area (Å²) in [5, 5.41) is 3.12. The maximum absolute atomic E-state index is 13.7. The Kier molecular flexibility index (Phi) is 5.16. The molecule has 1 fully saturated rings. The smallest absolute Gasteiger partial charge is 0.200 e. The molecule has 1 saturated heterocycles. The molecule has 1 atom stereocenters. The average molecular weight is 308 g/mol. The molecule has 0 radical (unpaired) electrons. The monoisotopic (exact) mass is 308 g/mol. The lowest BCUT2D eigenvalue weighted by Crippen LogP contribution is -2.37. The van der Waals surface area contributed by atoms with Crippen LogP contribution in [0, 0.1) is 29.1 Å². The maximum Gasteiger partial charge on any atom is 0.200 e. The highest BCUT2D eigenvalue weighted by Crippen LogP contribution is 2.25. The van der Waals surface area contributed by atoms with Crippen LogP contribution in [-0.2, 0) is 6.54 Å². The summed E-state index contributed by atoms with van der Waals surface area (Å²) in [7, 11) is 0. The molecule has 118 valence electrons. The van der Waals surface area contributed by atoms with Gasteiger partial charge in [0.1, 0.15) is 0 Å². The van der Waals surface area contributed by atoms with Gasteiger partial charge in [0.15, 0.2) is 23.3 Å². The first kappa shape index (κ1) is 16.2. The Morgan fingerprint density at radius 2 is 1.57 bits per heavy atom. The standard InChI is InChI=1S/C14H17F5N2/c1-2-5-21(8-3-4-20-6-8)7-9-10(15)12(17)14(19)13(18)11(9)16/h8,20H,2-7H2,1H3. The predicted octanol–water partition coefficient (Wildman–Crippen LogP) is 2.96. The lowest BCUT2D eigenvalue weighted by Gasteiger charge is -2.28. The van der Waals surface area contributed by atoms with E-state index in [1.165, 1.54) is 0 Å². The molecule has 2 nitrogen and oxygen atoms in total. The molecule has 2 rings (SSSR count). The van der Waals surface area contributed by atoms with Crippen molar-refractivity contribution in [2.75, 3.05) is 19.6 Å². The van der Waals surface area contributed by atoms with Gasteiger partial charge in [0, 0.05) is 24.7 Å². The number of hydrogen-bond donors (Lipinski definition) is 1. The van der Waals surface area contributed by atoms with Crippen LogP contribution in [-0.4, -0.2) is 30.6 Å². The summed E-state index contributed by atoms with van der Waals surface area (Å²) in [5.74, 6) is -9.36. The van der Waals surface area contributed by atoms with Crippen LogP contribution in [0.1, 0.15) is 25.3 Å². The van der Waals surface area contributed by atoms with E-state index in [-0.39, 0.29) is 12.6 Å². The first-order valence-electron chi connectivity index (χ1n) is 6.92. The van der Waals surface area contributed by atoms with E-state index >= 15 is 0 Å². The van der Waals surface area contributed by atoms with Crippen molar-refractivity contribution >= 4 is 0 Å². The summed E-state index contributed by atoms with van der Waals surface area (Å²) in [6.45, 7) is 3.57. The van der Waals surface area contributed by atoms with Crippen molar-refractivity contribution in [1.82, 2.24) is 10.2 Å². The number of rotatable bonds is 5. The number of nitrogens with one attached hydrogen (secondary N) is 1. The molecule has 1 aromatic rings. The van der Waals surface area contributed by atoms with Crippen molar-refractivity contribution < 1.29 is 22.0 Å². The molecule has 1 aliphatic rings. The van der Waals surface area contributed by atoms with E-state index < -0.39 is 34.6 Å². The number of benzene rings is 1. The summed E-state index contributed by atoms with van der Waals surface area (Å²) in [6, 6.07) is 0.0416. The second-order valence-electron chi connectivity index (χ2n) is 5.17. The molecule has 0 bridgehead atoms. The molecule has 1 heterocycles. The van der Waals surface area contributed by atoms with E-state index in [0.717, 1.165) is 19.4 Å². The Bertz CT molecular complexity index is 486. The van der Waals surface area contributed by atoms with Crippen LogP contribution in [0.15, 0.2) is 0 Å². The minimum Gasteiger partial charge on any atom is -0.315 e.